The van der Waals surface area contributed by atoms with Crippen molar-refractivity contribution in [2.45, 2.75) is 26.2 Å². The van der Waals surface area contributed by atoms with E-state index in [9.17, 15) is 0 Å². The van der Waals surface area contributed by atoms with E-state index in [1.807, 2.05) is 0 Å². The van der Waals surface area contributed by atoms with Gasteiger partial charge in [-0.1, -0.05) is 0 Å². The molecule has 0 radical (unpaired) electrons. The summed E-state index contributed by atoms with van der Waals surface area (Å²) in [4.78, 5) is 0. The summed E-state index contributed by atoms with van der Waals surface area (Å²) in [6, 6.07) is 9.02. The lowest BCUT2D eigenvalue weighted by Gasteiger charge is -2.15. The molecule has 18 heavy (non-hydrogen) atoms. The first kappa shape index (κ1) is 11.7. The van der Waals surface area contributed by atoms with Crippen molar-refractivity contribution >= 4 is 22.7 Å². The largest absolute Gasteiger partial charge is 0.209 e. The third-order valence-electron chi connectivity index (χ3n) is 4.29. The van der Waals surface area contributed by atoms with Gasteiger partial charge in [-0.25, -0.2) is 4.58 Å². The maximum absolute atomic E-state index is 2.35. The van der Waals surface area contributed by atoms with Gasteiger partial charge in [0.15, 0.2) is 5.71 Å². The van der Waals surface area contributed by atoms with Crippen molar-refractivity contribution in [3.05, 3.63) is 40.6 Å². The molecule has 1 aromatic heterocycles. The highest BCUT2D eigenvalue weighted by atomic mass is 32.1. The summed E-state index contributed by atoms with van der Waals surface area (Å²) in [5.74, 6) is 0. The maximum atomic E-state index is 2.35. The summed E-state index contributed by atoms with van der Waals surface area (Å²) in [5.41, 5.74) is 6.98. The molecule has 1 aliphatic rings. The van der Waals surface area contributed by atoms with Gasteiger partial charge in [0.2, 0.25) is 5.69 Å². The standard InChI is InChI=1S/C16H18NS/c1-11-16(2,3)14-9-12(13-7-8-18-10-13)5-6-15(14)17(11)4/h5-10H,1-4H3/q+1. The summed E-state index contributed by atoms with van der Waals surface area (Å²) in [6.07, 6.45) is 0. The van der Waals surface area contributed by atoms with Crippen LogP contribution in [-0.4, -0.2) is 17.3 Å². The Morgan fingerprint density at radius 3 is 2.56 bits per heavy atom. The first-order chi connectivity index (χ1) is 8.51. The molecule has 0 spiro atoms. The molecule has 92 valence electrons. The van der Waals surface area contributed by atoms with E-state index in [1.54, 1.807) is 11.3 Å². The average Bonchev–Trinajstić information content (AvgIpc) is 2.94. The van der Waals surface area contributed by atoms with Crippen molar-refractivity contribution in [2.75, 3.05) is 7.05 Å². The van der Waals surface area contributed by atoms with Crippen LogP contribution in [0.3, 0.4) is 0 Å². The fourth-order valence-electron chi connectivity index (χ4n) is 2.73. The first-order valence-electron chi connectivity index (χ1n) is 6.26. The van der Waals surface area contributed by atoms with Crippen LogP contribution in [0.15, 0.2) is 35.0 Å². The molecule has 0 N–H and O–H groups in total. The van der Waals surface area contributed by atoms with Crippen molar-refractivity contribution in [3.63, 3.8) is 0 Å². The fourth-order valence-corrected chi connectivity index (χ4v) is 3.40. The molecule has 0 atom stereocenters. The molecule has 0 aliphatic carbocycles. The van der Waals surface area contributed by atoms with Crippen molar-refractivity contribution < 1.29 is 4.58 Å². The van der Waals surface area contributed by atoms with Crippen LogP contribution in [0.25, 0.3) is 11.1 Å². The highest BCUT2D eigenvalue weighted by molar-refractivity contribution is 7.08. The molecule has 2 heterocycles. The van der Waals surface area contributed by atoms with Crippen LogP contribution < -0.4 is 0 Å². The van der Waals surface area contributed by atoms with E-state index in [1.165, 1.54) is 28.1 Å². The summed E-state index contributed by atoms with van der Waals surface area (Å²) in [6.45, 7) is 6.84. The number of fused-ring (bicyclic) bond motifs is 1. The molecule has 1 aliphatic heterocycles. The van der Waals surface area contributed by atoms with E-state index in [0.717, 1.165) is 0 Å². The number of thiophene rings is 1. The molecule has 0 unspecified atom stereocenters. The SMILES string of the molecule is CC1=[N+](C)c2ccc(-c3ccsc3)cc2C1(C)C. The Balaban J connectivity index is 2.19. The van der Waals surface area contributed by atoms with Crippen molar-refractivity contribution in [1.82, 2.24) is 0 Å². The molecule has 2 aromatic rings. The number of nitrogens with zero attached hydrogens (tertiary/aromatic N) is 1. The fraction of sp³-hybridized carbons (Fsp3) is 0.312. The topological polar surface area (TPSA) is 3.01 Å². The van der Waals surface area contributed by atoms with Gasteiger partial charge in [0.25, 0.3) is 0 Å². The second kappa shape index (κ2) is 3.79. The van der Waals surface area contributed by atoms with E-state index in [4.69, 9.17) is 0 Å². The van der Waals surface area contributed by atoms with E-state index >= 15 is 0 Å². The van der Waals surface area contributed by atoms with Crippen LogP contribution in [0, 0.1) is 0 Å². The van der Waals surface area contributed by atoms with Gasteiger partial charge >= 0.3 is 0 Å². The minimum Gasteiger partial charge on any atom is -0.202 e. The third-order valence-corrected chi connectivity index (χ3v) is 4.98. The second-order valence-electron chi connectivity index (χ2n) is 5.51. The van der Waals surface area contributed by atoms with Gasteiger partial charge in [-0.15, -0.1) is 0 Å². The predicted octanol–water partition coefficient (Wildman–Crippen LogP) is 4.44. The summed E-state index contributed by atoms with van der Waals surface area (Å²) in [5, 5.41) is 4.35. The minimum absolute atomic E-state index is 0.135. The zero-order valence-corrected chi connectivity index (χ0v) is 12.1. The quantitative estimate of drug-likeness (QED) is 0.664. The zero-order valence-electron chi connectivity index (χ0n) is 11.3. The highest BCUT2D eigenvalue weighted by Gasteiger charge is 2.41. The molecule has 0 amide bonds. The number of hydrogen-bond acceptors (Lipinski definition) is 1. The smallest absolute Gasteiger partial charge is 0.202 e. The summed E-state index contributed by atoms with van der Waals surface area (Å²) in [7, 11) is 2.16. The maximum Gasteiger partial charge on any atom is 0.209 e. The Labute approximate surface area is 112 Å². The van der Waals surface area contributed by atoms with Gasteiger partial charge in [0.05, 0.1) is 5.41 Å². The Morgan fingerprint density at radius 2 is 1.89 bits per heavy atom. The average molecular weight is 256 g/mol. The lowest BCUT2D eigenvalue weighted by atomic mass is 9.81. The van der Waals surface area contributed by atoms with E-state index in [0.29, 0.717) is 0 Å². The van der Waals surface area contributed by atoms with E-state index in [-0.39, 0.29) is 5.41 Å². The normalized spacial score (nSPS) is 17.1. The van der Waals surface area contributed by atoms with Gasteiger partial charge < -0.3 is 0 Å². The van der Waals surface area contributed by atoms with Crippen LogP contribution in [0.2, 0.25) is 0 Å². The van der Waals surface area contributed by atoms with Gasteiger partial charge in [-0.05, 0) is 53.9 Å². The lowest BCUT2D eigenvalue weighted by molar-refractivity contribution is -0.403. The number of benzene rings is 1. The molecule has 3 rings (SSSR count). The number of hydrogen-bond donors (Lipinski definition) is 0. The highest BCUT2D eigenvalue weighted by Crippen LogP contribution is 2.41. The minimum atomic E-state index is 0.135. The van der Waals surface area contributed by atoms with Gasteiger partial charge in [0.1, 0.15) is 7.05 Å². The molecule has 0 bridgehead atoms. The summed E-state index contributed by atoms with van der Waals surface area (Å²) < 4.78 is 2.31. The van der Waals surface area contributed by atoms with Gasteiger partial charge in [0, 0.05) is 18.6 Å². The monoisotopic (exact) mass is 256 g/mol. The molecule has 0 saturated heterocycles. The molecule has 2 heteroatoms. The van der Waals surface area contributed by atoms with Crippen molar-refractivity contribution in [2.24, 2.45) is 0 Å². The first-order valence-corrected chi connectivity index (χ1v) is 7.21. The van der Waals surface area contributed by atoms with Crippen LogP contribution >= 0.6 is 11.3 Å². The van der Waals surface area contributed by atoms with Crippen LogP contribution in [0.1, 0.15) is 26.3 Å². The van der Waals surface area contributed by atoms with Crippen LogP contribution in [0.4, 0.5) is 5.69 Å². The van der Waals surface area contributed by atoms with Crippen molar-refractivity contribution in [3.8, 4) is 11.1 Å². The molecular formula is C16H18NS+. The molecule has 1 nitrogen and oxygen atoms in total. The van der Waals surface area contributed by atoms with Gasteiger partial charge in [-0.3, -0.25) is 0 Å². The lowest BCUT2D eigenvalue weighted by Crippen LogP contribution is -2.25. The van der Waals surface area contributed by atoms with Crippen LogP contribution in [0.5, 0.6) is 0 Å². The number of rotatable bonds is 1. The molecule has 0 fully saturated rings. The van der Waals surface area contributed by atoms with Crippen molar-refractivity contribution in [1.29, 1.82) is 0 Å². The predicted molar refractivity (Wildman–Crippen MR) is 79.3 cm³/mol. The Bertz CT molecular complexity index is 633. The van der Waals surface area contributed by atoms with Gasteiger partial charge in [-0.2, -0.15) is 11.3 Å². The zero-order chi connectivity index (χ0) is 12.9. The molecular weight excluding hydrogens is 238 g/mol. The summed E-state index contributed by atoms with van der Waals surface area (Å²) >= 11 is 1.75. The second-order valence-corrected chi connectivity index (χ2v) is 6.29. The van der Waals surface area contributed by atoms with E-state index < -0.39 is 0 Å². The third kappa shape index (κ3) is 1.49. The Hall–Kier alpha value is -1.41. The Morgan fingerprint density at radius 1 is 1.11 bits per heavy atom. The Kier molecular flexibility index (Phi) is 2.46. The van der Waals surface area contributed by atoms with Crippen LogP contribution in [-0.2, 0) is 5.41 Å². The van der Waals surface area contributed by atoms with E-state index in [2.05, 4.69) is 67.4 Å². The molecule has 0 saturated carbocycles. The molecule has 1 aromatic carbocycles.